The van der Waals surface area contributed by atoms with Gasteiger partial charge in [-0.25, -0.2) is 14.8 Å². The van der Waals surface area contributed by atoms with Crippen molar-refractivity contribution in [2.75, 3.05) is 30.9 Å². The lowest BCUT2D eigenvalue weighted by Crippen LogP contribution is -2.38. The molecule has 0 aliphatic heterocycles. The average molecular weight is 295 g/mol. The van der Waals surface area contributed by atoms with Gasteiger partial charge >= 0.3 is 6.03 Å². The first-order valence-corrected chi connectivity index (χ1v) is 6.92. The van der Waals surface area contributed by atoms with Crippen molar-refractivity contribution in [1.82, 2.24) is 15.3 Å². The monoisotopic (exact) mass is 295 g/mol. The number of aliphatic hydroxyl groups excluding tert-OH is 1. The maximum atomic E-state index is 11.8. The number of amides is 2. The molecule has 1 heterocycles. The highest BCUT2D eigenvalue weighted by molar-refractivity contribution is 5.88. The van der Waals surface area contributed by atoms with Crippen LogP contribution in [0.25, 0.3) is 0 Å². The predicted octanol–water partition coefficient (Wildman–Crippen LogP) is 1.46. The summed E-state index contributed by atoms with van der Waals surface area (Å²) in [5.74, 6) is 0.582. The molecule has 0 fully saturated rings. The Kier molecular flexibility index (Phi) is 5.90. The van der Waals surface area contributed by atoms with Gasteiger partial charge in [0.1, 0.15) is 0 Å². The van der Waals surface area contributed by atoms with Crippen molar-refractivity contribution in [3.63, 3.8) is 0 Å². The number of aliphatic hydroxyl groups is 1. The van der Waals surface area contributed by atoms with Gasteiger partial charge in [-0.2, -0.15) is 0 Å². The number of nitrogens with one attached hydrogen (secondary N) is 2. The molecule has 0 aromatic carbocycles. The first-order chi connectivity index (χ1) is 9.69. The molecule has 21 heavy (non-hydrogen) atoms. The maximum Gasteiger partial charge on any atom is 0.319 e. The molecule has 1 unspecified atom stereocenters. The molecule has 2 amide bonds. The molecule has 0 saturated heterocycles. The lowest BCUT2D eigenvalue weighted by molar-refractivity contribution is 0.129. The Hall–Kier alpha value is -1.89. The van der Waals surface area contributed by atoms with E-state index in [1.807, 2.05) is 27.9 Å². The fourth-order valence-corrected chi connectivity index (χ4v) is 1.98. The summed E-state index contributed by atoms with van der Waals surface area (Å²) in [6.07, 6.45) is 3.34. The highest BCUT2D eigenvalue weighted by Gasteiger charge is 2.21. The van der Waals surface area contributed by atoms with Crippen LogP contribution in [-0.4, -0.2) is 47.8 Å². The zero-order valence-electron chi connectivity index (χ0n) is 13.3. The van der Waals surface area contributed by atoms with E-state index in [0.717, 1.165) is 0 Å². The van der Waals surface area contributed by atoms with Gasteiger partial charge in [0.15, 0.2) is 0 Å². The molecule has 1 aromatic heterocycles. The van der Waals surface area contributed by atoms with Gasteiger partial charge in [0.25, 0.3) is 0 Å². The van der Waals surface area contributed by atoms with Gasteiger partial charge in [0.05, 0.1) is 24.2 Å². The number of rotatable bonds is 6. The molecule has 1 aromatic rings. The zero-order chi connectivity index (χ0) is 16.0. The van der Waals surface area contributed by atoms with Crippen LogP contribution in [0.4, 0.5) is 16.4 Å². The summed E-state index contributed by atoms with van der Waals surface area (Å²) in [7, 11) is 3.69. The van der Waals surface area contributed by atoms with Crippen molar-refractivity contribution in [3.8, 4) is 0 Å². The fraction of sp³-hybridized carbons (Fsp3) is 0.643. The molecule has 3 N–H and O–H groups in total. The molecule has 1 rings (SSSR count). The van der Waals surface area contributed by atoms with E-state index < -0.39 is 6.10 Å². The highest BCUT2D eigenvalue weighted by atomic mass is 16.3. The molecule has 7 heteroatoms. The number of aromatic nitrogens is 2. The van der Waals surface area contributed by atoms with Gasteiger partial charge in [-0.3, -0.25) is 0 Å². The minimum atomic E-state index is -0.392. The highest BCUT2D eigenvalue weighted by Crippen LogP contribution is 2.21. The molecular formula is C14H25N5O2. The van der Waals surface area contributed by atoms with Crippen LogP contribution in [0.1, 0.15) is 27.2 Å². The van der Waals surface area contributed by atoms with Crippen LogP contribution in [0.15, 0.2) is 12.4 Å². The zero-order valence-corrected chi connectivity index (χ0v) is 13.3. The standard InChI is InChI=1S/C14H25N5O2/c1-10(20)6-14(2,3)9-17-13(21)18-11-7-15-12(16-8-11)19(4)5/h7-8,10,20H,6,9H2,1-5H3,(H2,17,18,21). The summed E-state index contributed by atoms with van der Waals surface area (Å²) in [4.78, 5) is 21.8. The third kappa shape index (κ3) is 6.40. The minimum Gasteiger partial charge on any atom is -0.393 e. The van der Waals surface area contributed by atoms with Crippen molar-refractivity contribution in [1.29, 1.82) is 0 Å². The van der Waals surface area contributed by atoms with E-state index in [9.17, 15) is 9.90 Å². The van der Waals surface area contributed by atoms with E-state index >= 15 is 0 Å². The van der Waals surface area contributed by atoms with Gasteiger partial charge in [-0.1, -0.05) is 13.8 Å². The topological polar surface area (TPSA) is 90.4 Å². The van der Waals surface area contributed by atoms with E-state index in [1.165, 1.54) is 0 Å². The van der Waals surface area contributed by atoms with Crippen LogP contribution >= 0.6 is 0 Å². The van der Waals surface area contributed by atoms with Crippen LogP contribution in [0.3, 0.4) is 0 Å². The maximum absolute atomic E-state index is 11.8. The Balaban J connectivity index is 2.47. The quantitative estimate of drug-likeness (QED) is 0.739. The molecule has 0 saturated carbocycles. The van der Waals surface area contributed by atoms with E-state index in [-0.39, 0.29) is 11.4 Å². The molecule has 1 atom stereocenters. The Bertz CT molecular complexity index is 457. The third-order valence-electron chi connectivity index (χ3n) is 2.87. The average Bonchev–Trinajstić information content (AvgIpc) is 2.36. The van der Waals surface area contributed by atoms with Crippen molar-refractivity contribution in [2.45, 2.75) is 33.3 Å². The molecule has 0 bridgehead atoms. The third-order valence-corrected chi connectivity index (χ3v) is 2.87. The van der Waals surface area contributed by atoms with Crippen LogP contribution in [0.5, 0.6) is 0 Å². The SMILES string of the molecule is CC(O)CC(C)(C)CNC(=O)Nc1cnc(N(C)C)nc1. The number of hydrogen-bond acceptors (Lipinski definition) is 5. The van der Waals surface area contributed by atoms with Gasteiger partial charge in [-0.15, -0.1) is 0 Å². The van der Waals surface area contributed by atoms with Crippen molar-refractivity contribution in [2.24, 2.45) is 5.41 Å². The number of nitrogens with zero attached hydrogens (tertiary/aromatic N) is 3. The number of carbonyl (C=O) groups is 1. The summed E-state index contributed by atoms with van der Waals surface area (Å²) in [5, 5.41) is 14.9. The molecular weight excluding hydrogens is 270 g/mol. The Morgan fingerprint density at radius 3 is 2.43 bits per heavy atom. The lowest BCUT2D eigenvalue weighted by Gasteiger charge is -2.26. The Morgan fingerprint density at radius 1 is 1.38 bits per heavy atom. The van der Waals surface area contributed by atoms with Gasteiger partial charge in [0, 0.05) is 20.6 Å². The molecule has 0 spiro atoms. The van der Waals surface area contributed by atoms with Crippen molar-refractivity contribution < 1.29 is 9.90 Å². The van der Waals surface area contributed by atoms with Crippen molar-refractivity contribution >= 4 is 17.7 Å². The first kappa shape index (κ1) is 17.2. The Morgan fingerprint density at radius 2 is 1.95 bits per heavy atom. The van der Waals surface area contributed by atoms with Crippen LogP contribution < -0.4 is 15.5 Å². The minimum absolute atomic E-state index is 0.170. The molecule has 7 nitrogen and oxygen atoms in total. The van der Waals surface area contributed by atoms with Gasteiger partial charge in [0.2, 0.25) is 5.95 Å². The predicted molar refractivity (Wildman–Crippen MR) is 83.5 cm³/mol. The van der Waals surface area contributed by atoms with Crippen molar-refractivity contribution in [3.05, 3.63) is 12.4 Å². The smallest absolute Gasteiger partial charge is 0.319 e. The van der Waals surface area contributed by atoms with Crippen LogP contribution in [-0.2, 0) is 0 Å². The second kappa shape index (κ2) is 7.21. The largest absolute Gasteiger partial charge is 0.393 e. The molecule has 118 valence electrons. The normalized spacial score (nSPS) is 12.7. The van der Waals surface area contributed by atoms with Crippen LogP contribution in [0, 0.1) is 5.41 Å². The van der Waals surface area contributed by atoms with E-state index in [0.29, 0.717) is 24.6 Å². The van der Waals surface area contributed by atoms with E-state index in [1.54, 1.807) is 24.2 Å². The molecule has 0 aliphatic rings. The second-order valence-electron chi connectivity index (χ2n) is 6.19. The Labute approximate surface area is 125 Å². The lowest BCUT2D eigenvalue weighted by atomic mass is 9.87. The van der Waals surface area contributed by atoms with Crippen LogP contribution in [0.2, 0.25) is 0 Å². The summed E-state index contributed by atoms with van der Waals surface area (Å²) < 4.78 is 0. The number of urea groups is 1. The van der Waals surface area contributed by atoms with Gasteiger partial charge < -0.3 is 20.6 Å². The summed E-state index contributed by atoms with van der Waals surface area (Å²) in [5.41, 5.74) is 0.364. The van der Waals surface area contributed by atoms with Gasteiger partial charge in [-0.05, 0) is 18.8 Å². The fourth-order valence-electron chi connectivity index (χ4n) is 1.98. The first-order valence-electron chi connectivity index (χ1n) is 6.92. The van der Waals surface area contributed by atoms with E-state index in [2.05, 4.69) is 20.6 Å². The molecule has 0 radical (unpaired) electrons. The summed E-state index contributed by atoms with van der Waals surface area (Å²) >= 11 is 0. The summed E-state index contributed by atoms with van der Waals surface area (Å²) in [6, 6.07) is -0.310. The van der Waals surface area contributed by atoms with E-state index in [4.69, 9.17) is 0 Å². The number of carbonyl (C=O) groups excluding carboxylic acids is 1. The second-order valence-corrected chi connectivity index (χ2v) is 6.19. The number of anilines is 2. The molecule has 0 aliphatic carbocycles. The number of hydrogen-bond donors (Lipinski definition) is 3. The summed E-state index contributed by atoms with van der Waals surface area (Å²) in [6.45, 7) is 6.20.